The number of para-hydroxylation sites is 1. The van der Waals surface area contributed by atoms with Gasteiger partial charge in [0.05, 0.1) is 0 Å². The number of nitrogens with one attached hydrogen (secondary N) is 1. The highest BCUT2D eigenvalue weighted by Crippen LogP contribution is 2.26. The van der Waals surface area contributed by atoms with Crippen molar-refractivity contribution in [3.8, 4) is 0 Å². The van der Waals surface area contributed by atoms with Crippen molar-refractivity contribution >= 4 is 29.9 Å². The van der Waals surface area contributed by atoms with E-state index in [0.29, 0.717) is 18.3 Å². The van der Waals surface area contributed by atoms with E-state index in [1.54, 1.807) is 11.9 Å². The summed E-state index contributed by atoms with van der Waals surface area (Å²) in [7, 11) is 1.80. The fourth-order valence-electron chi connectivity index (χ4n) is 4.20. The molecule has 5 nitrogen and oxygen atoms in total. The average Bonchev–Trinajstić information content (AvgIpc) is 2.69. The molecule has 3 rings (SSSR count). The predicted molar refractivity (Wildman–Crippen MR) is 111 cm³/mol. The average molecular weight is 394 g/mol. The number of hydrogen-bond donors (Lipinski definition) is 1. The molecule has 2 heterocycles. The lowest BCUT2D eigenvalue weighted by atomic mass is 9.85. The first kappa shape index (κ1) is 21.7. The molecule has 0 bridgehead atoms. The lowest BCUT2D eigenvalue weighted by Crippen LogP contribution is -2.53. The lowest BCUT2D eigenvalue weighted by molar-refractivity contribution is -0.139. The second kappa shape index (κ2) is 10.1. The van der Waals surface area contributed by atoms with Gasteiger partial charge in [-0.25, -0.2) is 0 Å². The molecule has 2 aliphatic rings. The maximum Gasteiger partial charge on any atom is 0.249 e. The van der Waals surface area contributed by atoms with Crippen LogP contribution in [-0.2, 0) is 9.59 Å². The quantitative estimate of drug-likeness (QED) is 0.836. The summed E-state index contributed by atoms with van der Waals surface area (Å²) in [5.41, 5.74) is 0.921. The summed E-state index contributed by atoms with van der Waals surface area (Å²) in [6.45, 7) is 4.99. The van der Waals surface area contributed by atoms with Crippen molar-refractivity contribution in [3.05, 3.63) is 30.3 Å². The Morgan fingerprint density at radius 1 is 1.26 bits per heavy atom. The Kier molecular flexibility index (Phi) is 8.11. The number of carbonyl (C=O) groups is 2. The molecule has 0 aromatic heterocycles. The molecule has 2 amide bonds. The van der Waals surface area contributed by atoms with Crippen molar-refractivity contribution in [2.45, 2.75) is 45.1 Å². The van der Waals surface area contributed by atoms with Crippen LogP contribution in [0.25, 0.3) is 0 Å². The summed E-state index contributed by atoms with van der Waals surface area (Å²) < 4.78 is 0. The van der Waals surface area contributed by atoms with Crippen LogP contribution in [0.1, 0.15) is 39.0 Å². The van der Waals surface area contributed by atoms with E-state index in [4.69, 9.17) is 0 Å². The molecule has 27 heavy (non-hydrogen) atoms. The Morgan fingerprint density at radius 2 is 2.00 bits per heavy atom. The van der Waals surface area contributed by atoms with Crippen LogP contribution in [-0.4, -0.2) is 49.4 Å². The maximum atomic E-state index is 13.0. The van der Waals surface area contributed by atoms with E-state index in [1.165, 1.54) is 12.8 Å². The number of amides is 2. The number of piperidine rings is 2. The summed E-state index contributed by atoms with van der Waals surface area (Å²) in [5, 5.41) is 3.43. The molecule has 3 unspecified atom stereocenters. The molecule has 0 aliphatic carbocycles. The van der Waals surface area contributed by atoms with Gasteiger partial charge in [0.1, 0.15) is 6.04 Å². The summed E-state index contributed by atoms with van der Waals surface area (Å²) >= 11 is 0. The molecule has 1 aromatic rings. The molecule has 3 atom stereocenters. The summed E-state index contributed by atoms with van der Waals surface area (Å²) in [4.78, 5) is 29.3. The topological polar surface area (TPSA) is 52.7 Å². The summed E-state index contributed by atoms with van der Waals surface area (Å²) in [5.74, 6) is 1.05. The van der Waals surface area contributed by atoms with Crippen LogP contribution in [0.2, 0.25) is 0 Å². The van der Waals surface area contributed by atoms with Gasteiger partial charge >= 0.3 is 0 Å². The van der Waals surface area contributed by atoms with Gasteiger partial charge in [-0.15, -0.1) is 12.4 Å². The fourth-order valence-corrected chi connectivity index (χ4v) is 4.20. The molecule has 0 spiro atoms. The Morgan fingerprint density at radius 3 is 2.67 bits per heavy atom. The molecule has 0 radical (unpaired) electrons. The minimum absolute atomic E-state index is 0. The van der Waals surface area contributed by atoms with Crippen LogP contribution in [0.15, 0.2) is 30.3 Å². The molecule has 2 fully saturated rings. The number of benzene rings is 1. The molecule has 0 saturated carbocycles. The molecule has 2 aliphatic heterocycles. The van der Waals surface area contributed by atoms with Gasteiger partial charge in [-0.1, -0.05) is 25.1 Å². The van der Waals surface area contributed by atoms with Gasteiger partial charge in [-0.2, -0.15) is 0 Å². The van der Waals surface area contributed by atoms with E-state index in [-0.39, 0.29) is 30.3 Å². The molecular formula is C21H32ClN3O2. The smallest absolute Gasteiger partial charge is 0.249 e. The summed E-state index contributed by atoms with van der Waals surface area (Å²) in [6, 6.07) is 9.42. The molecule has 150 valence electrons. The normalized spacial score (nSPS) is 24.1. The van der Waals surface area contributed by atoms with E-state index in [0.717, 1.165) is 38.2 Å². The highest BCUT2D eigenvalue weighted by atomic mass is 35.5. The van der Waals surface area contributed by atoms with E-state index < -0.39 is 0 Å². The molecule has 2 saturated heterocycles. The molecule has 6 heteroatoms. The zero-order valence-electron chi connectivity index (χ0n) is 16.4. The number of anilines is 1. The zero-order valence-corrected chi connectivity index (χ0v) is 17.2. The standard InChI is InChI=1S/C21H31N3O2.ClH/c1-16(17-8-6-12-22-15-17)14-20(25)23(2)19-11-7-13-24(21(19)26)18-9-4-3-5-10-18;/h3-5,9-10,16-17,19,22H,6-8,11-15H2,1-2H3;1H. The first-order chi connectivity index (χ1) is 12.6. The Labute approximate surface area is 168 Å². The molecule has 1 N–H and O–H groups in total. The third-order valence-electron chi connectivity index (χ3n) is 5.98. The summed E-state index contributed by atoms with van der Waals surface area (Å²) in [6.07, 6.45) is 4.58. The Hall–Kier alpha value is -1.59. The van der Waals surface area contributed by atoms with Crippen molar-refractivity contribution in [2.75, 3.05) is 31.6 Å². The van der Waals surface area contributed by atoms with Crippen molar-refractivity contribution < 1.29 is 9.59 Å². The van der Waals surface area contributed by atoms with Crippen LogP contribution in [0, 0.1) is 11.8 Å². The van der Waals surface area contributed by atoms with Gasteiger partial charge in [-0.3, -0.25) is 9.59 Å². The van der Waals surface area contributed by atoms with Crippen molar-refractivity contribution in [3.63, 3.8) is 0 Å². The number of nitrogens with zero attached hydrogens (tertiary/aromatic N) is 2. The zero-order chi connectivity index (χ0) is 18.5. The fraction of sp³-hybridized carbons (Fsp3) is 0.619. The van der Waals surface area contributed by atoms with Crippen LogP contribution >= 0.6 is 12.4 Å². The predicted octanol–water partition coefficient (Wildman–Crippen LogP) is 3.09. The number of rotatable bonds is 5. The SMILES string of the molecule is CC(CC(=O)N(C)C1CCCN(c2ccccc2)C1=O)C1CCCNC1.Cl. The van der Waals surface area contributed by atoms with E-state index in [2.05, 4.69) is 12.2 Å². The highest BCUT2D eigenvalue weighted by Gasteiger charge is 2.35. The third kappa shape index (κ3) is 5.23. The van der Waals surface area contributed by atoms with Crippen LogP contribution < -0.4 is 10.2 Å². The second-order valence-corrected chi connectivity index (χ2v) is 7.78. The van der Waals surface area contributed by atoms with Crippen LogP contribution in [0.3, 0.4) is 0 Å². The van der Waals surface area contributed by atoms with Gasteiger partial charge in [0, 0.05) is 25.7 Å². The number of hydrogen-bond acceptors (Lipinski definition) is 3. The Bertz CT molecular complexity index is 619. The van der Waals surface area contributed by atoms with E-state index in [1.807, 2.05) is 35.2 Å². The molecular weight excluding hydrogens is 362 g/mol. The Balaban J connectivity index is 0.00000261. The van der Waals surface area contributed by atoms with Gasteiger partial charge in [0.15, 0.2) is 0 Å². The van der Waals surface area contributed by atoms with Gasteiger partial charge in [-0.05, 0) is 62.7 Å². The lowest BCUT2D eigenvalue weighted by Gasteiger charge is -2.37. The van der Waals surface area contributed by atoms with Crippen LogP contribution in [0.5, 0.6) is 0 Å². The molecule has 1 aromatic carbocycles. The van der Waals surface area contributed by atoms with Gasteiger partial charge in [0.2, 0.25) is 11.8 Å². The van der Waals surface area contributed by atoms with Crippen molar-refractivity contribution in [2.24, 2.45) is 11.8 Å². The number of carbonyl (C=O) groups excluding carboxylic acids is 2. The monoisotopic (exact) mass is 393 g/mol. The maximum absolute atomic E-state index is 13.0. The van der Waals surface area contributed by atoms with Crippen molar-refractivity contribution in [1.29, 1.82) is 0 Å². The second-order valence-electron chi connectivity index (χ2n) is 7.78. The van der Waals surface area contributed by atoms with Gasteiger partial charge in [0.25, 0.3) is 0 Å². The third-order valence-corrected chi connectivity index (χ3v) is 5.98. The first-order valence-corrected chi connectivity index (χ1v) is 9.90. The minimum Gasteiger partial charge on any atom is -0.334 e. The first-order valence-electron chi connectivity index (χ1n) is 9.90. The van der Waals surface area contributed by atoms with Gasteiger partial charge < -0.3 is 15.1 Å². The minimum atomic E-state index is -0.340. The number of likely N-dealkylation sites (N-methyl/N-ethyl adjacent to an activating group) is 1. The van der Waals surface area contributed by atoms with E-state index in [9.17, 15) is 9.59 Å². The van der Waals surface area contributed by atoms with Crippen LogP contribution in [0.4, 0.5) is 5.69 Å². The highest BCUT2D eigenvalue weighted by molar-refractivity contribution is 5.99. The van der Waals surface area contributed by atoms with Crippen molar-refractivity contribution in [1.82, 2.24) is 10.2 Å². The largest absolute Gasteiger partial charge is 0.334 e. The van der Waals surface area contributed by atoms with E-state index >= 15 is 0 Å². The number of halogens is 1.